The van der Waals surface area contributed by atoms with Crippen molar-refractivity contribution >= 4 is 23.2 Å². The molecule has 0 unspecified atom stereocenters. The van der Waals surface area contributed by atoms with Crippen molar-refractivity contribution in [2.24, 2.45) is 0 Å². The molecule has 2 aromatic carbocycles. The van der Waals surface area contributed by atoms with Gasteiger partial charge < -0.3 is 9.64 Å². The molecule has 1 heterocycles. The summed E-state index contributed by atoms with van der Waals surface area (Å²) in [5.41, 5.74) is 1.63. The molecule has 1 fully saturated rings. The molecule has 1 aliphatic carbocycles. The minimum atomic E-state index is -0.326. The first kappa shape index (κ1) is 18.1. The number of ether oxygens (including phenoxy) is 1. The zero-order chi connectivity index (χ0) is 19.7. The third-order valence-corrected chi connectivity index (χ3v) is 4.95. The first-order chi connectivity index (χ1) is 13.6. The van der Waals surface area contributed by atoms with Crippen LogP contribution in [0.15, 0.2) is 66.0 Å². The largest absolute Gasteiger partial charge is 0.378 e. The minimum absolute atomic E-state index is 0.115. The van der Waals surface area contributed by atoms with Crippen LogP contribution < -0.4 is 4.90 Å². The number of Topliss-reactive ketones (excluding diaryl/α,β-unsaturated/α-hetero) is 2. The molecular weight excluding hydrogens is 356 g/mol. The summed E-state index contributed by atoms with van der Waals surface area (Å²) in [6.45, 7) is 3.30. The molecule has 4 rings (SSSR count). The van der Waals surface area contributed by atoms with E-state index in [1.54, 1.807) is 48.5 Å². The van der Waals surface area contributed by atoms with Gasteiger partial charge in [-0.3, -0.25) is 19.3 Å². The third kappa shape index (κ3) is 3.01. The van der Waals surface area contributed by atoms with E-state index in [-0.39, 0.29) is 28.9 Å². The number of ketones is 2. The number of para-hydroxylation sites is 1. The first-order valence-electron chi connectivity index (χ1n) is 9.20. The van der Waals surface area contributed by atoms with Crippen LogP contribution in [0, 0.1) is 0 Å². The maximum Gasteiger partial charge on any atom is 0.228 e. The van der Waals surface area contributed by atoms with Gasteiger partial charge >= 0.3 is 0 Å². The monoisotopic (exact) mass is 376 g/mol. The molecule has 1 aliphatic heterocycles. The van der Waals surface area contributed by atoms with E-state index in [4.69, 9.17) is 4.74 Å². The van der Waals surface area contributed by atoms with Crippen LogP contribution in [-0.2, 0) is 9.53 Å². The van der Waals surface area contributed by atoms with Gasteiger partial charge in [0.25, 0.3) is 0 Å². The lowest BCUT2D eigenvalue weighted by Gasteiger charge is -2.36. The number of nitrogens with zero attached hydrogens (tertiary/aromatic N) is 2. The van der Waals surface area contributed by atoms with Gasteiger partial charge in [0.05, 0.1) is 13.2 Å². The van der Waals surface area contributed by atoms with Crippen LogP contribution in [-0.4, -0.2) is 48.7 Å². The van der Waals surface area contributed by atoms with Crippen molar-refractivity contribution in [3.8, 4) is 0 Å². The van der Waals surface area contributed by atoms with Crippen LogP contribution >= 0.6 is 0 Å². The second-order valence-corrected chi connectivity index (χ2v) is 6.69. The average Bonchev–Trinajstić information content (AvgIpc) is 2.73. The minimum Gasteiger partial charge on any atom is -0.378 e. The van der Waals surface area contributed by atoms with E-state index in [0.29, 0.717) is 43.1 Å². The van der Waals surface area contributed by atoms with Crippen LogP contribution in [0.1, 0.15) is 27.6 Å². The predicted molar refractivity (Wildman–Crippen MR) is 104 cm³/mol. The molecule has 0 radical (unpaired) electrons. The molecule has 0 spiro atoms. The summed E-state index contributed by atoms with van der Waals surface area (Å²) in [5, 5.41) is 0. The topological polar surface area (TPSA) is 66.9 Å². The van der Waals surface area contributed by atoms with Gasteiger partial charge in [0.1, 0.15) is 11.4 Å². The van der Waals surface area contributed by atoms with Gasteiger partial charge in [-0.1, -0.05) is 42.5 Å². The quantitative estimate of drug-likeness (QED) is 0.824. The highest BCUT2D eigenvalue weighted by Gasteiger charge is 2.39. The smallest absolute Gasteiger partial charge is 0.228 e. The fourth-order valence-corrected chi connectivity index (χ4v) is 3.68. The highest BCUT2D eigenvalue weighted by molar-refractivity contribution is 6.29. The van der Waals surface area contributed by atoms with E-state index >= 15 is 0 Å². The zero-order valence-electron chi connectivity index (χ0n) is 15.6. The molecule has 1 saturated heterocycles. The SMILES string of the molecule is CC(=O)N(C1=C(N2CCOCC2)C(=O)c2ccccc2C1=O)c1ccccc1. The number of amides is 1. The number of morpholine rings is 1. The number of carbonyl (C=O) groups is 3. The summed E-state index contributed by atoms with van der Waals surface area (Å²) in [6, 6.07) is 15.7. The van der Waals surface area contributed by atoms with Crippen LogP contribution in [0.4, 0.5) is 5.69 Å². The number of anilines is 1. The predicted octanol–water partition coefficient (Wildman–Crippen LogP) is 2.66. The molecule has 28 heavy (non-hydrogen) atoms. The Hall–Kier alpha value is -3.25. The van der Waals surface area contributed by atoms with Crippen molar-refractivity contribution < 1.29 is 19.1 Å². The summed E-state index contributed by atoms with van der Waals surface area (Å²) in [4.78, 5) is 42.7. The number of carbonyl (C=O) groups excluding carboxylic acids is 3. The van der Waals surface area contributed by atoms with E-state index in [9.17, 15) is 14.4 Å². The highest BCUT2D eigenvalue weighted by Crippen LogP contribution is 2.33. The molecule has 0 atom stereocenters. The number of allylic oxidation sites excluding steroid dienone is 2. The summed E-state index contributed by atoms with van der Waals surface area (Å²) in [5.74, 6) is -0.891. The number of benzene rings is 2. The maximum absolute atomic E-state index is 13.5. The molecule has 6 nitrogen and oxygen atoms in total. The molecule has 6 heteroatoms. The number of fused-ring (bicyclic) bond motifs is 1. The van der Waals surface area contributed by atoms with Crippen molar-refractivity contribution in [2.45, 2.75) is 6.92 Å². The normalized spacial score (nSPS) is 16.8. The summed E-state index contributed by atoms with van der Waals surface area (Å²) in [7, 11) is 0. The lowest BCUT2D eigenvalue weighted by atomic mass is 9.88. The molecule has 1 amide bonds. The molecule has 0 N–H and O–H groups in total. The fourth-order valence-electron chi connectivity index (χ4n) is 3.68. The van der Waals surface area contributed by atoms with Crippen LogP contribution in [0.5, 0.6) is 0 Å². The van der Waals surface area contributed by atoms with Gasteiger partial charge in [-0.25, -0.2) is 0 Å². The Bertz CT molecular complexity index is 975. The van der Waals surface area contributed by atoms with Gasteiger partial charge in [0.2, 0.25) is 17.5 Å². The molecule has 0 bridgehead atoms. The molecular formula is C22H20N2O4. The average molecular weight is 376 g/mol. The van der Waals surface area contributed by atoms with Crippen LogP contribution in [0.3, 0.4) is 0 Å². The van der Waals surface area contributed by atoms with Crippen LogP contribution in [0.25, 0.3) is 0 Å². The Morgan fingerprint density at radius 2 is 1.46 bits per heavy atom. The number of hydrogen-bond acceptors (Lipinski definition) is 5. The van der Waals surface area contributed by atoms with Crippen molar-refractivity contribution in [3.63, 3.8) is 0 Å². The van der Waals surface area contributed by atoms with E-state index in [1.807, 2.05) is 11.0 Å². The van der Waals surface area contributed by atoms with Gasteiger partial charge in [-0.2, -0.15) is 0 Å². The molecule has 0 saturated carbocycles. The standard InChI is InChI=1S/C22H20N2O4/c1-15(25)24(16-7-3-2-4-8-16)20-19(23-11-13-28-14-12-23)21(26)17-9-5-6-10-18(17)22(20)27/h2-10H,11-14H2,1H3. The Labute approximate surface area is 163 Å². The second-order valence-electron chi connectivity index (χ2n) is 6.69. The van der Waals surface area contributed by atoms with E-state index in [2.05, 4.69) is 0 Å². The fraction of sp³-hybridized carbons (Fsp3) is 0.227. The van der Waals surface area contributed by atoms with Gasteiger partial charge in [-0.05, 0) is 12.1 Å². The number of hydrogen-bond donors (Lipinski definition) is 0. The lowest BCUT2D eigenvalue weighted by Crippen LogP contribution is -2.45. The summed E-state index contributed by atoms with van der Waals surface area (Å²) < 4.78 is 5.41. The summed E-state index contributed by atoms with van der Waals surface area (Å²) >= 11 is 0. The van der Waals surface area contributed by atoms with Crippen LogP contribution in [0.2, 0.25) is 0 Å². The first-order valence-corrected chi connectivity index (χ1v) is 9.20. The van der Waals surface area contributed by atoms with Gasteiger partial charge in [-0.15, -0.1) is 0 Å². The van der Waals surface area contributed by atoms with Gasteiger partial charge in [0, 0.05) is 36.8 Å². The third-order valence-electron chi connectivity index (χ3n) is 4.95. The highest BCUT2D eigenvalue weighted by atomic mass is 16.5. The molecule has 142 valence electrons. The molecule has 0 aromatic heterocycles. The van der Waals surface area contributed by atoms with Crippen molar-refractivity contribution in [3.05, 3.63) is 77.1 Å². The Morgan fingerprint density at radius 1 is 0.893 bits per heavy atom. The van der Waals surface area contributed by atoms with Crippen molar-refractivity contribution in [2.75, 3.05) is 31.2 Å². The summed E-state index contributed by atoms with van der Waals surface area (Å²) in [6.07, 6.45) is 0. The van der Waals surface area contributed by atoms with E-state index in [0.717, 1.165) is 0 Å². The lowest BCUT2D eigenvalue weighted by molar-refractivity contribution is -0.116. The molecule has 2 aromatic rings. The van der Waals surface area contributed by atoms with Crippen molar-refractivity contribution in [1.82, 2.24) is 4.90 Å². The Balaban J connectivity index is 1.95. The Kier molecular flexibility index (Phi) is 4.79. The Morgan fingerprint density at radius 3 is 2.07 bits per heavy atom. The molecule has 2 aliphatic rings. The van der Waals surface area contributed by atoms with E-state index in [1.165, 1.54) is 11.8 Å². The zero-order valence-corrected chi connectivity index (χ0v) is 15.6. The van der Waals surface area contributed by atoms with Crippen molar-refractivity contribution in [1.29, 1.82) is 0 Å². The number of rotatable bonds is 3. The van der Waals surface area contributed by atoms with Gasteiger partial charge in [0.15, 0.2) is 0 Å². The maximum atomic E-state index is 13.5. The van der Waals surface area contributed by atoms with E-state index < -0.39 is 0 Å². The second kappa shape index (κ2) is 7.40.